The first-order valence-electron chi connectivity index (χ1n) is 9.22. The molecule has 2 aliphatic rings. The van der Waals surface area contributed by atoms with Crippen LogP contribution in [0.4, 0.5) is 15.9 Å². The number of fused-ring (bicyclic) bond motifs is 1. The van der Waals surface area contributed by atoms with E-state index in [1.807, 2.05) is 4.90 Å². The van der Waals surface area contributed by atoms with Crippen molar-refractivity contribution >= 4 is 17.4 Å². The number of rotatable bonds is 3. The number of nitriles is 1. The van der Waals surface area contributed by atoms with E-state index in [2.05, 4.69) is 23.3 Å². The molecule has 1 aliphatic carbocycles. The number of anilines is 2. The quantitative estimate of drug-likeness (QED) is 0.893. The number of nitrogens with zero attached hydrogens (tertiary/aromatic N) is 3. The van der Waals surface area contributed by atoms with Gasteiger partial charge in [0.25, 0.3) is 0 Å². The molecule has 2 heterocycles. The van der Waals surface area contributed by atoms with Gasteiger partial charge in [-0.05, 0) is 49.1 Å². The summed E-state index contributed by atoms with van der Waals surface area (Å²) < 4.78 is 14.1. The van der Waals surface area contributed by atoms with Crippen molar-refractivity contribution in [3.05, 3.63) is 53.5 Å². The third-order valence-electron chi connectivity index (χ3n) is 5.61. The molecule has 0 spiro atoms. The SMILES string of the molecule is CC(=O)N1c2ccc(F)cc2[C@H](Nc2ncccc2C#N)[C@@H](C)[C@@H]1C1CC1. The van der Waals surface area contributed by atoms with Gasteiger partial charge in [-0.1, -0.05) is 6.92 Å². The van der Waals surface area contributed by atoms with Crippen LogP contribution in [0.3, 0.4) is 0 Å². The van der Waals surface area contributed by atoms with Crippen molar-refractivity contribution in [2.75, 3.05) is 10.2 Å². The minimum absolute atomic E-state index is 0.0272. The average molecular weight is 364 g/mol. The summed E-state index contributed by atoms with van der Waals surface area (Å²) in [5.74, 6) is 0.607. The molecule has 27 heavy (non-hydrogen) atoms. The molecule has 0 bridgehead atoms. The first-order chi connectivity index (χ1) is 13.0. The highest BCUT2D eigenvalue weighted by atomic mass is 19.1. The lowest BCUT2D eigenvalue weighted by atomic mass is 9.80. The van der Waals surface area contributed by atoms with Crippen LogP contribution in [0.1, 0.15) is 43.9 Å². The van der Waals surface area contributed by atoms with E-state index in [-0.39, 0.29) is 29.7 Å². The molecule has 0 unspecified atom stereocenters. The Morgan fingerprint density at radius 1 is 1.37 bits per heavy atom. The predicted molar refractivity (Wildman–Crippen MR) is 101 cm³/mol. The molecule has 1 aliphatic heterocycles. The van der Waals surface area contributed by atoms with Crippen molar-refractivity contribution in [1.82, 2.24) is 4.98 Å². The van der Waals surface area contributed by atoms with E-state index in [0.717, 1.165) is 24.1 Å². The third-order valence-corrected chi connectivity index (χ3v) is 5.61. The van der Waals surface area contributed by atoms with Crippen LogP contribution in [-0.2, 0) is 4.79 Å². The van der Waals surface area contributed by atoms with E-state index in [1.165, 1.54) is 12.1 Å². The Kier molecular flexibility index (Phi) is 4.31. The lowest BCUT2D eigenvalue weighted by molar-refractivity contribution is -0.117. The van der Waals surface area contributed by atoms with Crippen LogP contribution < -0.4 is 10.2 Å². The fraction of sp³-hybridized carbons (Fsp3) is 0.381. The summed E-state index contributed by atoms with van der Waals surface area (Å²) in [5, 5.41) is 12.7. The maximum atomic E-state index is 14.1. The maximum Gasteiger partial charge on any atom is 0.224 e. The van der Waals surface area contributed by atoms with Gasteiger partial charge in [-0.15, -0.1) is 0 Å². The van der Waals surface area contributed by atoms with Crippen LogP contribution >= 0.6 is 0 Å². The van der Waals surface area contributed by atoms with Gasteiger partial charge in [-0.3, -0.25) is 4.79 Å². The molecule has 1 aromatic carbocycles. The van der Waals surface area contributed by atoms with Crippen LogP contribution in [-0.4, -0.2) is 16.9 Å². The van der Waals surface area contributed by atoms with Gasteiger partial charge >= 0.3 is 0 Å². The Labute approximate surface area is 157 Å². The molecule has 2 aromatic rings. The zero-order chi connectivity index (χ0) is 19.1. The summed E-state index contributed by atoms with van der Waals surface area (Å²) in [6.45, 7) is 3.65. The van der Waals surface area contributed by atoms with Crippen molar-refractivity contribution in [2.45, 2.75) is 38.8 Å². The maximum absolute atomic E-state index is 14.1. The molecule has 6 heteroatoms. The fourth-order valence-corrected chi connectivity index (χ4v) is 4.29. The number of benzene rings is 1. The minimum atomic E-state index is -0.345. The topological polar surface area (TPSA) is 69.0 Å². The smallest absolute Gasteiger partial charge is 0.224 e. The predicted octanol–water partition coefficient (Wildman–Crippen LogP) is 4.03. The monoisotopic (exact) mass is 364 g/mol. The molecular formula is C21H21FN4O. The van der Waals surface area contributed by atoms with Crippen molar-refractivity contribution in [2.24, 2.45) is 11.8 Å². The highest BCUT2D eigenvalue weighted by molar-refractivity contribution is 5.94. The lowest BCUT2D eigenvalue weighted by Gasteiger charge is -2.45. The number of amides is 1. The van der Waals surface area contributed by atoms with E-state index in [4.69, 9.17) is 0 Å². The second-order valence-electron chi connectivity index (χ2n) is 7.41. The highest BCUT2D eigenvalue weighted by Crippen LogP contribution is 2.50. The Morgan fingerprint density at radius 2 is 2.15 bits per heavy atom. The van der Waals surface area contributed by atoms with E-state index in [0.29, 0.717) is 17.3 Å². The zero-order valence-electron chi connectivity index (χ0n) is 15.3. The summed E-state index contributed by atoms with van der Waals surface area (Å²) in [6.07, 6.45) is 3.81. The normalized spacial score (nSPS) is 24.1. The molecule has 138 valence electrons. The van der Waals surface area contributed by atoms with Gasteiger partial charge in [0.2, 0.25) is 5.91 Å². The van der Waals surface area contributed by atoms with E-state index in [1.54, 1.807) is 31.3 Å². The molecule has 4 rings (SSSR count). The number of halogens is 1. The summed E-state index contributed by atoms with van der Waals surface area (Å²) >= 11 is 0. The number of pyridine rings is 1. The first kappa shape index (κ1) is 17.5. The molecule has 1 fully saturated rings. The summed E-state index contributed by atoms with van der Waals surface area (Å²) in [6, 6.07) is 9.94. The summed E-state index contributed by atoms with van der Waals surface area (Å²) in [5.41, 5.74) is 1.91. The number of carbonyl (C=O) groups excluding carboxylic acids is 1. The van der Waals surface area contributed by atoms with Gasteiger partial charge < -0.3 is 10.2 Å². The Bertz CT molecular complexity index is 934. The Hall–Kier alpha value is -2.94. The zero-order valence-corrected chi connectivity index (χ0v) is 15.3. The first-order valence-corrected chi connectivity index (χ1v) is 9.22. The summed E-state index contributed by atoms with van der Waals surface area (Å²) in [4.78, 5) is 18.6. The Morgan fingerprint density at radius 3 is 2.81 bits per heavy atom. The fourth-order valence-electron chi connectivity index (χ4n) is 4.29. The lowest BCUT2D eigenvalue weighted by Crippen LogP contribution is -2.51. The largest absolute Gasteiger partial charge is 0.362 e. The number of carbonyl (C=O) groups is 1. The second-order valence-corrected chi connectivity index (χ2v) is 7.41. The van der Waals surface area contributed by atoms with Crippen LogP contribution in [0.5, 0.6) is 0 Å². The van der Waals surface area contributed by atoms with Crippen molar-refractivity contribution in [3.8, 4) is 6.07 Å². The molecule has 0 radical (unpaired) electrons. The van der Waals surface area contributed by atoms with E-state index < -0.39 is 0 Å². The van der Waals surface area contributed by atoms with Crippen molar-refractivity contribution < 1.29 is 9.18 Å². The van der Waals surface area contributed by atoms with Gasteiger partial charge in [-0.25, -0.2) is 9.37 Å². The standard InChI is InChI=1S/C21H21FN4O/c1-12-19(25-21-15(11-23)4-3-9-24-21)17-10-16(22)7-8-18(17)26(13(2)27)20(12)14-5-6-14/h3-4,7-10,12,14,19-20H,5-6H2,1-2H3,(H,24,25)/t12-,19-,20-/m1/s1. The van der Waals surface area contributed by atoms with Crippen LogP contribution in [0.25, 0.3) is 0 Å². The molecule has 1 saturated carbocycles. The second kappa shape index (κ2) is 6.66. The summed E-state index contributed by atoms with van der Waals surface area (Å²) in [7, 11) is 0. The van der Waals surface area contributed by atoms with Crippen LogP contribution in [0.15, 0.2) is 36.5 Å². The average Bonchev–Trinajstić information content (AvgIpc) is 3.48. The minimum Gasteiger partial charge on any atom is -0.362 e. The van der Waals surface area contributed by atoms with Crippen molar-refractivity contribution in [1.29, 1.82) is 5.26 Å². The van der Waals surface area contributed by atoms with Gasteiger partial charge in [0.1, 0.15) is 17.7 Å². The van der Waals surface area contributed by atoms with E-state index in [9.17, 15) is 14.4 Å². The number of hydrogen-bond acceptors (Lipinski definition) is 4. The molecule has 1 aromatic heterocycles. The number of aromatic nitrogens is 1. The molecule has 3 atom stereocenters. The van der Waals surface area contributed by atoms with Gasteiger partial charge in [0, 0.05) is 36.3 Å². The van der Waals surface area contributed by atoms with Gasteiger partial charge in [0.05, 0.1) is 11.6 Å². The van der Waals surface area contributed by atoms with E-state index >= 15 is 0 Å². The third kappa shape index (κ3) is 3.03. The van der Waals surface area contributed by atoms with Crippen LogP contribution in [0.2, 0.25) is 0 Å². The van der Waals surface area contributed by atoms with Crippen LogP contribution in [0, 0.1) is 29.0 Å². The van der Waals surface area contributed by atoms with Gasteiger partial charge in [-0.2, -0.15) is 5.26 Å². The molecule has 1 N–H and O–H groups in total. The molecule has 1 amide bonds. The van der Waals surface area contributed by atoms with Crippen molar-refractivity contribution in [3.63, 3.8) is 0 Å². The number of hydrogen-bond donors (Lipinski definition) is 1. The molecular weight excluding hydrogens is 343 g/mol. The Balaban J connectivity index is 1.83. The molecule has 5 nitrogen and oxygen atoms in total. The van der Waals surface area contributed by atoms with Gasteiger partial charge in [0.15, 0.2) is 0 Å². The number of nitrogens with one attached hydrogen (secondary N) is 1. The highest BCUT2D eigenvalue weighted by Gasteiger charge is 2.47. The molecule has 0 saturated heterocycles.